The first-order chi connectivity index (χ1) is 9.82. The van der Waals surface area contributed by atoms with Gasteiger partial charge >= 0.3 is 0 Å². The van der Waals surface area contributed by atoms with Crippen molar-refractivity contribution in [3.8, 4) is 0 Å². The molecule has 0 saturated heterocycles. The van der Waals surface area contributed by atoms with Crippen molar-refractivity contribution < 1.29 is 17.2 Å². The van der Waals surface area contributed by atoms with E-state index in [9.17, 15) is 17.2 Å². The van der Waals surface area contributed by atoms with Crippen LogP contribution in [0, 0.1) is 17.0 Å². The monoisotopic (exact) mass is 317 g/mol. The van der Waals surface area contributed by atoms with Gasteiger partial charge in [-0.25, -0.2) is 17.2 Å². The molecule has 1 fully saturated rings. The van der Waals surface area contributed by atoms with Gasteiger partial charge in [-0.2, -0.15) is 4.31 Å². The maximum absolute atomic E-state index is 13.8. The van der Waals surface area contributed by atoms with Gasteiger partial charge in [-0.05, 0) is 25.0 Å². The largest absolute Gasteiger partial charge is 0.387 e. The smallest absolute Gasteiger partial charge is 0.246 e. The highest BCUT2D eigenvalue weighted by Crippen LogP contribution is 2.29. The summed E-state index contributed by atoms with van der Waals surface area (Å²) in [6.07, 6.45) is 3.05. The number of nitrogens with one attached hydrogen (secondary N) is 1. The molecule has 0 aliphatic heterocycles. The Morgan fingerprint density at radius 2 is 1.95 bits per heavy atom. The minimum absolute atomic E-state index is 0.288. The third-order valence-corrected chi connectivity index (χ3v) is 5.47. The number of hydrogen-bond donors (Lipinski definition) is 2. The molecular weight excluding hydrogens is 300 g/mol. The molecular formula is C13H17F2N3O2S. The Bertz CT molecular complexity index is 643. The van der Waals surface area contributed by atoms with E-state index in [0.29, 0.717) is 18.9 Å². The van der Waals surface area contributed by atoms with E-state index in [-0.39, 0.29) is 18.4 Å². The molecule has 0 atom stereocenters. The quantitative estimate of drug-likeness (QED) is 0.641. The van der Waals surface area contributed by atoms with Gasteiger partial charge in [0.25, 0.3) is 0 Å². The first kappa shape index (κ1) is 15.8. The maximum atomic E-state index is 13.8. The summed E-state index contributed by atoms with van der Waals surface area (Å²) in [5.41, 5.74) is 5.32. The third kappa shape index (κ3) is 3.38. The molecule has 0 heterocycles. The number of benzene rings is 1. The van der Waals surface area contributed by atoms with E-state index in [1.165, 1.54) is 0 Å². The number of hydrogen-bond acceptors (Lipinski definition) is 3. The minimum atomic E-state index is -4.16. The number of nitrogens with zero attached hydrogens (tertiary/aromatic N) is 1. The fourth-order valence-electron chi connectivity index (χ4n) is 2.58. The summed E-state index contributed by atoms with van der Waals surface area (Å²) >= 11 is 0. The molecule has 116 valence electrons. The predicted molar refractivity (Wildman–Crippen MR) is 74.4 cm³/mol. The average Bonchev–Trinajstić information content (AvgIpc) is 2.88. The lowest BCUT2D eigenvalue weighted by atomic mass is 10.2. The van der Waals surface area contributed by atoms with Crippen LogP contribution in [-0.4, -0.2) is 31.1 Å². The van der Waals surface area contributed by atoms with Crippen LogP contribution in [0.15, 0.2) is 23.1 Å². The SMILES string of the molecule is N=C(N)CN(C1CCCC1)S(=O)(=O)c1ccc(F)cc1F. The Balaban J connectivity index is 2.43. The third-order valence-electron chi connectivity index (χ3n) is 3.54. The van der Waals surface area contributed by atoms with E-state index >= 15 is 0 Å². The first-order valence-corrected chi connectivity index (χ1v) is 8.06. The second-order valence-corrected chi connectivity index (χ2v) is 6.95. The average molecular weight is 317 g/mol. The summed E-state index contributed by atoms with van der Waals surface area (Å²) in [5.74, 6) is -2.29. The summed E-state index contributed by atoms with van der Waals surface area (Å²) in [6.45, 7) is -0.288. The van der Waals surface area contributed by atoms with Gasteiger partial charge in [0, 0.05) is 12.1 Å². The maximum Gasteiger partial charge on any atom is 0.246 e. The van der Waals surface area contributed by atoms with Crippen LogP contribution < -0.4 is 5.73 Å². The lowest BCUT2D eigenvalue weighted by Gasteiger charge is -2.27. The second kappa shape index (κ2) is 6.07. The van der Waals surface area contributed by atoms with Gasteiger partial charge in [-0.3, -0.25) is 5.41 Å². The van der Waals surface area contributed by atoms with Crippen molar-refractivity contribution in [2.24, 2.45) is 5.73 Å². The van der Waals surface area contributed by atoms with Gasteiger partial charge < -0.3 is 5.73 Å². The number of amidine groups is 1. The molecule has 3 N–H and O–H groups in total. The standard InChI is InChI=1S/C13H17F2N3O2S/c14-9-5-6-12(11(15)7-9)21(19,20)18(8-13(16)17)10-3-1-2-4-10/h5-7,10H,1-4,8H2,(H3,16,17). The normalized spacial score (nSPS) is 16.5. The van der Waals surface area contributed by atoms with E-state index < -0.39 is 26.6 Å². The molecule has 1 aliphatic rings. The molecule has 5 nitrogen and oxygen atoms in total. The van der Waals surface area contributed by atoms with Gasteiger partial charge in [-0.1, -0.05) is 12.8 Å². The molecule has 0 amide bonds. The van der Waals surface area contributed by atoms with Crippen LogP contribution in [0.1, 0.15) is 25.7 Å². The summed E-state index contributed by atoms with van der Waals surface area (Å²) in [5, 5.41) is 7.34. The Hall–Kier alpha value is -1.54. The van der Waals surface area contributed by atoms with Gasteiger partial charge in [-0.15, -0.1) is 0 Å². The lowest BCUT2D eigenvalue weighted by molar-refractivity contribution is 0.351. The molecule has 21 heavy (non-hydrogen) atoms. The Morgan fingerprint density at radius 3 is 2.48 bits per heavy atom. The molecule has 0 bridgehead atoms. The van der Waals surface area contributed by atoms with Gasteiger partial charge in [0.05, 0.1) is 6.54 Å². The molecule has 0 spiro atoms. The fraction of sp³-hybridized carbons (Fsp3) is 0.462. The fourth-order valence-corrected chi connectivity index (χ4v) is 4.29. The minimum Gasteiger partial charge on any atom is -0.387 e. The topological polar surface area (TPSA) is 87.2 Å². The highest BCUT2D eigenvalue weighted by molar-refractivity contribution is 7.89. The molecule has 1 aromatic carbocycles. The van der Waals surface area contributed by atoms with Crippen LogP contribution in [0.25, 0.3) is 0 Å². The first-order valence-electron chi connectivity index (χ1n) is 6.62. The Kier molecular flexibility index (Phi) is 4.58. The van der Waals surface area contributed by atoms with Gasteiger partial charge in [0.15, 0.2) is 0 Å². The van der Waals surface area contributed by atoms with Gasteiger partial charge in [0.1, 0.15) is 22.4 Å². The summed E-state index contributed by atoms with van der Waals surface area (Å²) < 4.78 is 53.0. The van der Waals surface area contributed by atoms with E-state index in [1.54, 1.807) is 0 Å². The summed E-state index contributed by atoms with van der Waals surface area (Å²) in [4.78, 5) is -0.586. The highest BCUT2D eigenvalue weighted by Gasteiger charge is 2.35. The van der Waals surface area contributed by atoms with Crippen LogP contribution in [0.4, 0.5) is 8.78 Å². The zero-order valence-corrected chi connectivity index (χ0v) is 12.2. The van der Waals surface area contributed by atoms with Crippen LogP contribution in [-0.2, 0) is 10.0 Å². The van der Waals surface area contributed by atoms with Crippen LogP contribution in [0.5, 0.6) is 0 Å². The van der Waals surface area contributed by atoms with Crippen molar-refractivity contribution >= 4 is 15.9 Å². The van der Waals surface area contributed by atoms with Crippen LogP contribution >= 0.6 is 0 Å². The van der Waals surface area contributed by atoms with E-state index in [4.69, 9.17) is 11.1 Å². The number of rotatable bonds is 5. The molecule has 2 rings (SSSR count). The molecule has 1 aliphatic carbocycles. The predicted octanol–water partition coefficient (Wildman–Crippen LogP) is 1.83. The van der Waals surface area contributed by atoms with Crippen molar-refractivity contribution in [3.63, 3.8) is 0 Å². The van der Waals surface area contributed by atoms with E-state index in [1.807, 2.05) is 0 Å². The second-order valence-electron chi connectivity index (χ2n) is 5.09. The van der Waals surface area contributed by atoms with Crippen LogP contribution in [0.3, 0.4) is 0 Å². The number of sulfonamides is 1. The highest BCUT2D eigenvalue weighted by atomic mass is 32.2. The summed E-state index contributed by atoms with van der Waals surface area (Å²) in [6, 6.07) is 2.04. The number of halogens is 2. The Morgan fingerprint density at radius 1 is 1.33 bits per heavy atom. The molecule has 8 heteroatoms. The van der Waals surface area contributed by atoms with Crippen molar-refractivity contribution in [2.45, 2.75) is 36.6 Å². The van der Waals surface area contributed by atoms with Crippen LogP contribution in [0.2, 0.25) is 0 Å². The zero-order valence-electron chi connectivity index (χ0n) is 11.4. The van der Waals surface area contributed by atoms with E-state index in [2.05, 4.69) is 0 Å². The molecule has 0 aromatic heterocycles. The van der Waals surface area contributed by atoms with Crippen molar-refractivity contribution in [3.05, 3.63) is 29.8 Å². The zero-order chi connectivity index (χ0) is 15.6. The van der Waals surface area contributed by atoms with Crippen molar-refractivity contribution in [2.75, 3.05) is 6.54 Å². The molecule has 0 radical (unpaired) electrons. The number of nitrogens with two attached hydrogens (primary N) is 1. The van der Waals surface area contributed by atoms with Gasteiger partial charge in [0.2, 0.25) is 10.0 Å². The molecule has 1 saturated carbocycles. The molecule has 0 unspecified atom stereocenters. The van der Waals surface area contributed by atoms with Crippen molar-refractivity contribution in [1.82, 2.24) is 4.31 Å². The van der Waals surface area contributed by atoms with E-state index in [0.717, 1.165) is 29.3 Å². The van der Waals surface area contributed by atoms with Crippen molar-refractivity contribution in [1.29, 1.82) is 5.41 Å². The summed E-state index contributed by atoms with van der Waals surface area (Å²) in [7, 11) is -4.16. The lowest BCUT2D eigenvalue weighted by Crippen LogP contribution is -2.44. The molecule has 1 aromatic rings. The Labute approximate surface area is 122 Å².